The van der Waals surface area contributed by atoms with E-state index in [0.29, 0.717) is 31.4 Å². The molecule has 0 aromatic heterocycles. The SMILES string of the molecule is CO[C@H]1/C=C\C=C(\C)C(=O)NC2=CC(=O)C(NCCCC(C)(C)N)=C(C[C@@H](C)C[C@H](OC)[C@H](O)[C@@H](C)/C=C(/C)[C@@H]1OC(N)=O)C2=O. The molecule has 0 radical (unpaired) electrons. The number of amides is 2. The second kappa shape index (κ2) is 17.4. The first-order valence-corrected chi connectivity index (χ1v) is 15.6. The molecule has 1 heterocycles. The molecule has 12 heteroatoms. The molecule has 0 aromatic carbocycles. The Kier molecular flexibility index (Phi) is 14.6. The number of allylic oxidation sites excluding steroid dienone is 4. The minimum atomic E-state index is -1.00. The number of hydrogen-bond acceptors (Lipinski definition) is 10. The minimum absolute atomic E-state index is 0.123. The average molecular weight is 645 g/mol. The molecule has 7 N–H and O–H groups in total. The lowest BCUT2D eigenvalue weighted by molar-refractivity contribution is -0.120. The van der Waals surface area contributed by atoms with Gasteiger partial charge in [0.2, 0.25) is 11.6 Å². The van der Waals surface area contributed by atoms with Crippen LogP contribution in [0.3, 0.4) is 0 Å². The molecule has 2 rings (SSSR count). The maximum atomic E-state index is 13.8. The van der Waals surface area contributed by atoms with Crippen molar-refractivity contribution in [3.8, 4) is 0 Å². The van der Waals surface area contributed by atoms with Gasteiger partial charge in [0.1, 0.15) is 6.10 Å². The molecule has 0 saturated carbocycles. The van der Waals surface area contributed by atoms with E-state index in [-0.39, 0.29) is 40.4 Å². The highest BCUT2D eigenvalue weighted by Crippen LogP contribution is 2.29. The number of nitrogens with two attached hydrogens (primary N) is 2. The topological polar surface area (TPSA) is 192 Å². The van der Waals surface area contributed by atoms with Crippen molar-refractivity contribution in [2.45, 2.75) is 97.2 Å². The number of ether oxygens (including phenoxy) is 3. The van der Waals surface area contributed by atoms with Gasteiger partial charge < -0.3 is 41.4 Å². The van der Waals surface area contributed by atoms with Gasteiger partial charge in [0.15, 0.2) is 6.10 Å². The van der Waals surface area contributed by atoms with Gasteiger partial charge in [0.25, 0.3) is 5.91 Å². The van der Waals surface area contributed by atoms with E-state index in [1.807, 2.05) is 27.7 Å². The van der Waals surface area contributed by atoms with Crippen LogP contribution in [0.2, 0.25) is 0 Å². The fourth-order valence-corrected chi connectivity index (χ4v) is 5.54. The molecule has 2 aliphatic rings. The van der Waals surface area contributed by atoms with Gasteiger partial charge in [-0.05, 0) is 64.9 Å². The van der Waals surface area contributed by atoms with Crippen LogP contribution in [0, 0.1) is 11.8 Å². The van der Waals surface area contributed by atoms with Crippen molar-refractivity contribution >= 4 is 23.6 Å². The molecule has 46 heavy (non-hydrogen) atoms. The maximum absolute atomic E-state index is 13.8. The number of methoxy groups -OCH3 is 2. The molecule has 0 aromatic rings. The number of hydrogen-bond donors (Lipinski definition) is 5. The summed E-state index contributed by atoms with van der Waals surface area (Å²) in [5, 5.41) is 17.1. The van der Waals surface area contributed by atoms with E-state index in [1.54, 1.807) is 32.1 Å². The quantitative estimate of drug-likeness (QED) is 0.149. The van der Waals surface area contributed by atoms with Crippen LogP contribution in [0.25, 0.3) is 0 Å². The van der Waals surface area contributed by atoms with Crippen LogP contribution in [0.4, 0.5) is 4.79 Å². The lowest BCUT2D eigenvalue weighted by atomic mass is 9.85. The lowest BCUT2D eigenvalue weighted by Crippen LogP contribution is -2.38. The van der Waals surface area contributed by atoms with Gasteiger partial charge in [-0.1, -0.05) is 38.2 Å². The minimum Gasteiger partial charge on any atom is -0.439 e. The number of fused-ring (bicyclic) bond motifs is 2. The van der Waals surface area contributed by atoms with Crippen molar-refractivity contribution in [1.82, 2.24) is 10.6 Å². The second-order valence-corrected chi connectivity index (χ2v) is 12.9. The summed E-state index contributed by atoms with van der Waals surface area (Å²) in [5.74, 6) is -2.11. The monoisotopic (exact) mass is 644 g/mol. The van der Waals surface area contributed by atoms with Crippen LogP contribution in [0.5, 0.6) is 0 Å². The highest BCUT2D eigenvalue weighted by molar-refractivity contribution is 6.23. The van der Waals surface area contributed by atoms with Crippen LogP contribution in [0.1, 0.15) is 67.2 Å². The fourth-order valence-electron chi connectivity index (χ4n) is 5.54. The molecule has 0 unspecified atom stereocenters. The number of rotatable bonds is 8. The number of primary amides is 1. The van der Waals surface area contributed by atoms with Crippen LogP contribution in [-0.4, -0.2) is 79.4 Å². The molecular formula is C34H52N4O8. The third kappa shape index (κ3) is 11.3. The number of nitrogens with one attached hydrogen (secondary N) is 2. The third-order valence-electron chi connectivity index (χ3n) is 8.09. The first-order chi connectivity index (χ1) is 21.5. The van der Waals surface area contributed by atoms with Crippen LogP contribution < -0.4 is 22.1 Å². The van der Waals surface area contributed by atoms with Gasteiger partial charge in [-0.3, -0.25) is 14.4 Å². The van der Waals surface area contributed by atoms with Crippen molar-refractivity contribution in [1.29, 1.82) is 0 Å². The largest absolute Gasteiger partial charge is 0.439 e. The number of Topliss-reactive ketones (excluding diaryl/α,β-unsaturated/α-hetero) is 1. The van der Waals surface area contributed by atoms with Gasteiger partial charge in [0, 0.05) is 49.4 Å². The average Bonchev–Trinajstić information content (AvgIpc) is 2.97. The molecule has 256 valence electrons. The summed E-state index contributed by atoms with van der Waals surface area (Å²) >= 11 is 0. The Bertz CT molecular complexity index is 1290. The molecule has 12 nitrogen and oxygen atoms in total. The number of carbonyl (C=O) groups is 4. The van der Waals surface area contributed by atoms with Gasteiger partial charge >= 0.3 is 6.09 Å². The Balaban J connectivity index is 2.57. The Morgan fingerprint density at radius 2 is 1.83 bits per heavy atom. The lowest BCUT2D eigenvalue weighted by Gasteiger charge is -2.30. The summed E-state index contributed by atoms with van der Waals surface area (Å²) in [5.41, 5.74) is 12.2. The van der Waals surface area contributed by atoms with Gasteiger partial charge in [0.05, 0.1) is 23.6 Å². The Hall–Kier alpha value is -3.58. The Morgan fingerprint density at radius 1 is 1.15 bits per heavy atom. The van der Waals surface area contributed by atoms with E-state index in [4.69, 9.17) is 25.7 Å². The van der Waals surface area contributed by atoms with Crippen LogP contribution in [-0.2, 0) is 28.6 Å². The zero-order valence-corrected chi connectivity index (χ0v) is 28.3. The number of aliphatic hydroxyl groups excluding tert-OH is 1. The highest BCUT2D eigenvalue weighted by Gasteiger charge is 2.33. The molecule has 2 bridgehead atoms. The molecule has 0 spiro atoms. The van der Waals surface area contributed by atoms with E-state index in [1.165, 1.54) is 20.3 Å². The second-order valence-electron chi connectivity index (χ2n) is 12.9. The molecule has 0 saturated heterocycles. The summed E-state index contributed by atoms with van der Waals surface area (Å²) in [6, 6.07) is 0. The van der Waals surface area contributed by atoms with E-state index in [9.17, 15) is 24.3 Å². The number of carbonyl (C=O) groups excluding carboxylic acids is 4. The Morgan fingerprint density at radius 3 is 2.41 bits per heavy atom. The smallest absolute Gasteiger partial charge is 0.405 e. The summed E-state index contributed by atoms with van der Waals surface area (Å²) in [6.07, 6.45) is 5.20. The predicted molar refractivity (Wildman–Crippen MR) is 175 cm³/mol. The first-order valence-electron chi connectivity index (χ1n) is 15.6. The summed E-state index contributed by atoms with van der Waals surface area (Å²) in [6.45, 7) is 11.3. The van der Waals surface area contributed by atoms with Crippen molar-refractivity contribution in [2.75, 3.05) is 20.8 Å². The number of ketones is 2. The summed E-state index contributed by atoms with van der Waals surface area (Å²) < 4.78 is 16.6. The zero-order chi connectivity index (χ0) is 34.8. The van der Waals surface area contributed by atoms with Gasteiger partial charge in [-0.15, -0.1) is 0 Å². The van der Waals surface area contributed by atoms with Gasteiger partial charge in [-0.2, -0.15) is 0 Å². The first kappa shape index (κ1) is 38.6. The third-order valence-corrected chi connectivity index (χ3v) is 8.09. The summed E-state index contributed by atoms with van der Waals surface area (Å²) in [7, 11) is 2.93. The molecule has 1 aliphatic heterocycles. The molecule has 6 atom stereocenters. The predicted octanol–water partition coefficient (Wildman–Crippen LogP) is 2.87. The standard InChI is InChI=1S/C34H52N4O8/c1-19-15-23-28(37-14-10-13-34(5,6)36)25(39)18-24(30(23)41)38-32(42)20(2)11-9-12-26(44-7)31(46-33(35)43)22(4)17-21(3)29(40)27(16-19)45-8/h9,11-12,17-19,21,26-27,29,31,37,40H,10,13-16,36H2,1-8H3,(H2,35,43)(H,38,42)/b12-9-,20-11-,22-17-/t19-,21+,26+,27+,29-,31+/m1/s1. The van der Waals surface area contributed by atoms with E-state index in [0.717, 1.165) is 6.08 Å². The highest BCUT2D eigenvalue weighted by atomic mass is 16.6. The van der Waals surface area contributed by atoms with Gasteiger partial charge in [-0.25, -0.2) is 4.79 Å². The maximum Gasteiger partial charge on any atom is 0.405 e. The van der Waals surface area contributed by atoms with E-state index < -0.39 is 53.9 Å². The van der Waals surface area contributed by atoms with Crippen LogP contribution >= 0.6 is 0 Å². The molecule has 1 aliphatic carbocycles. The normalized spacial score (nSPS) is 30.4. The fraction of sp³-hybridized carbons (Fsp3) is 0.588. The molecular weight excluding hydrogens is 592 g/mol. The molecule has 0 fully saturated rings. The van der Waals surface area contributed by atoms with Crippen molar-refractivity contribution < 1.29 is 38.5 Å². The van der Waals surface area contributed by atoms with Crippen molar-refractivity contribution in [3.05, 3.63) is 58.5 Å². The molecule has 2 amide bonds. The van der Waals surface area contributed by atoms with E-state index in [2.05, 4.69) is 10.6 Å². The van der Waals surface area contributed by atoms with Crippen molar-refractivity contribution in [3.63, 3.8) is 0 Å². The van der Waals surface area contributed by atoms with Crippen molar-refractivity contribution in [2.24, 2.45) is 23.3 Å². The number of aliphatic hydroxyl groups is 1. The zero-order valence-electron chi connectivity index (χ0n) is 28.3. The van der Waals surface area contributed by atoms with Crippen LogP contribution in [0.15, 0.2) is 58.5 Å². The van der Waals surface area contributed by atoms with E-state index >= 15 is 0 Å². The summed E-state index contributed by atoms with van der Waals surface area (Å²) in [4.78, 5) is 52.0. The Labute approximate surface area is 272 Å².